The highest BCUT2D eigenvalue weighted by atomic mass is 32.2. The number of carbonyl (C=O) groups is 1. The number of thiophene rings is 1. The normalized spacial score (nSPS) is 12.0. The van der Waals surface area contributed by atoms with Gasteiger partial charge in [0, 0.05) is 6.04 Å². The molecule has 26 heavy (non-hydrogen) atoms. The number of nitrogens with zero attached hydrogens (tertiary/aromatic N) is 3. The maximum Gasteiger partial charge on any atom is 0.230 e. The summed E-state index contributed by atoms with van der Waals surface area (Å²) in [5.41, 5.74) is 1.28. The Morgan fingerprint density at radius 3 is 2.81 bits per heavy atom. The zero-order valence-corrected chi connectivity index (χ0v) is 16.1. The van der Waals surface area contributed by atoms with Crippen LogP contribution in [0.2, 0.25) is 0 Å². The van der Waals surface area contributed by atoms with Gasteiger partial charge in [-0.05, 0) is 36.8 Å². The first-order chi connectivity index (χ1) is 12.6. The van der Waals surface area contributed by atoms with Crippen molar-refractivity contribution in [3.8, 4) is 10.7 Å². The molecule has 6 nitrogen and oxygen atoms in total. The van der Waals surface area contributed by atoms with E-state index < -0.39 is 0 Å². The van der Waals surface area contributed by atoms with Crippen LogP contribution in [0.15, 0.2) is 53.0 Å². The van der Waals surface area contributed by atoms with Crippen molar-refractivity contribution in [2.75, 3.05) is 11.6 Å². The second kappa shape index (κ2) is 8.86. The number of amides is 1. The quantitative estimate of drug-likeness (QED) is 0.458. The van der Waals surface area contributed by atoms with Crippen LogP contribution in [-0.2, 0) is 11.2 Å². The van der Waals surface area contributed by atoms with Gasteiger partial charge >= 0.3 is 0 Å². The molecule has 136 valence electrons. The Bertz CT molecular complexity index is 833. The minimum absolute atomic E-state index is 0.0313. The fourth-order valence-corrected chi connectivity index (χ4v) is 3.87. The smallest absolute Gasteiger partial charge is 0.230 e. The van der Waals surface area contributed by atoms with E-state index in [0.29, 0.717) is 11.0 Å². The second-order valence-electron chi connectivity index (χ2n) is 5.93. The van der Waals surface area contributed by atoms with Crippen LogP contribution in [0.5, 0.6) is 0 Å². The largest absolute Gasteiger partial charge is 0.353 e. The van der Waals surface area contributed by atoms with Gasteiger partial charge in [0.15, 0.2) is 5.82 Å². The molecule has 1 atom stereocenters. The van der Waals surface area contributed by atoms with Crippen molar-refractivity contribution in [2.45, 2.75) is 31.0 Å². The number of benzene rings is 1. The van der Waals surface area contributed by atoms with Crippen LogP contribution < -0.4 is 11.2 Å². The lowest BCUT2D eigenvalue weighted by atomic mass is 10.1. The van der Waals surface area contributed by atoms with Crippen molar-refractivity contribution >= 4 is 29.0 Å². The van der Waals surface area contributed by atoms with Crippen molar-refractivity contribution < 1.29 is 4.79 Å². The molecule has 3 rings (SSSR count). The number of nitrogen functional groups attached to an aromatic ring is 1. The van der Waals surface area contributed by atoms with Gasteiger partial charge in [0.1, 0.15) is 0 Å². The van der Waals surface area contributed by atoms with Crippen LogP contribution in [-0.4, -0.2) is 32.6 Å². The van der Waals surface area contributed by atoms with Crippen molar-refractivity contribution in [2.24, 2.45) is 0 Å². The Morgan fingerprint density at radius 2 is 2.08 bits per heavy atom. The molecule has 0 unspecified atom stereocenters. The molecule has 0 aliphatic carbocycles. The van der Waals surface area contributed by atoms with E-state index in [1.807, 2.05) is 42.6 Å². The summed E-state index contributed by atoms with van der Waals surface area (Å²) in [5.74, 6) is 6.88. The average molecular weight is 388 g/mol. The average Bonchev–Trinajstić information content (AvgIpc) is 3.29. The standard InChI is InChI=1S/C18H21N5OS2/c1-13(9-10-14-6-3-2-4-7-14)20-16(24)12-26-18-22-21-17(23(18)19)15-8-5-11-25-15/h2-8,11,13H,9-10,12,19H2,1H3,(H,20,24)/t13-/m0/s1. The van der Waals surface area contributed by atoms with Crippen LogP contribution >= 0.6 is 23.1 Å². The second-order valence-corrected chi connectivity index (χ2v) is 7.83. The molecule has 2 aromatic heterocycles. The SMILES string of the molecule is C[C@@H](CCc1ccccc1)NC(=O)CSc1nnc(-c2cccs2)n1N. The fourth-order valence-electron chi connectivity index (χ4n) is 2.50. The number of hydrogen-bond acceptors (Lipinski definition) is 6. The molecule has 0 saturated heterocycles. The van der Waals surface area contributed by atoms with Gasteiger partial charge in [0.25, 0.3) is 0 Å². The minimum Gasteiger partial charge on any atom is -0.353 e. The molecule has 2 heterocycles. The zero-order chi connectivity index (χ0) is 18.4. The predicted octanol–water partition coefficient (Wildman–Crippen LogP) is 2.95. The third-order valence-corrected chi connectivity index (χ3v) is 5.66. The van der Waals surface area contributed by atoms with Crippen molar-refractivity contribution in [1.82, 2.24) is 20.2 Å². The molecule has 3 N–H and O–H groups in total. The molecule has 0 spiro atoms. The molecule has 1 aromatic carbocycles. The molecule has 8 heteroatoms. The van der Waals surface area contributed by atoms with Crippen molar-refractivity contribution in [3.05, 3.63) is 53.4 Å². The monoisotopic (exact) mass is 387 g/mol. The van der Waals surface area contributed by atoms with E-state index in [0.717, 1.165) is 17.7 Å². The molecule has 0 fully saturated rings. The van der Waals surface area contributed by atoms with Gasteiger partial charge in [-0.25, -0.2) is 4.68 Å². The van der Waals surface area contributed by atoms with E-state index in [1.165, 1.54) is 22.0 Å². The molecule has 3 aromatic rings. The van der Waals surface area contributed by atoms with Crippen LogP contribution in [0.25, 0.3) is 10.7 Å². The molecular weight excluding hydrogens is 366 g/mol. The number of thioether (sulfide) groups is 1. The van der Waals surface area contributed by atoms with Gasteiger partial charge < -0.3 is 11.2 Å². The van der Waals surface area contributed by atoms with Gasteiger partial charge in [0.05, 0.1) is 10.6 Å². The molecular formula is C18H21N5OS2. The Morgan fingerprint density at radius 1 is 1.27 bits per heavy atom. The number of rotatable bonds is 8. The van der Waals surface area contributed by atoms with Crippen molar-refractivity contribution in [3.63, 3.8) is 0 Å². The van der Waals surface area contributed by atoms with Gasteiger partial charge in [-0.1, -0.05) is 48.2 Å². The summed E-state index contributed by atoms with van der Waals surface area (Å²) in [6.07, 6.45) is 1.84. The lowest BCUT2D eigenvalue weighted by Gasteiger charge is -2.13. The summed E-state index contributed by atoms with van der Waals surface area (Å²) in [7, 11) is 0. The third kappa shape index (κ3) is 4.86. The van der Waals surface area contributed by atoms with Crippen LogP contribution in [0, 0.1) is 0 Å². The highest BCUT2D eigenvalue weighted by molar-refractivity contribution is 7.99. The predicted molar refractivity (Wildman–Crippen MR) is 107 cm³/mol. The van der Waals surface area contributed by atoms with Crippen LogP contribution in [0.3, 0.4) is 0 Å². The first-order valence-corrected chi connectivity index (χ1v) is 10.2. The number of carbonyl (C=O) groups excluding carboxylic acids is 1. The Labute approximate surface area is 160 Å². The summed E-state index contributed by atoms with van der Waals surface area (Å²) in [4.78, 5) is 13.1. The van der Waals surface area contributed by atoms with Gasteiger partial charge in [-0.15, -0.1) is 21.5 Å². The molecule has 1 amide bonds. The van der Waals surface area contributed by atoms with Gasteiger partial charge in [0.2, 0.25) is 11.1 Å². The summed E-state index contributed by atoms with van der Waals surface area (Å²) >= 11 is 2.83. The molecule has 0 bridgehead atoms. The Kier molecular flexibility index (Phi) is 6.30. The first-order valence-electron chi connectivity index (χ1n) is 8.34. The molecule has 0 aliphatic rings. The molecule has 0 saturated carbocycles. The van der Waals surface area contributed by atoms with Crippen LogP contribution in [0.1, 0.15) is 18.9 Å². The number of hydrogen-bond donors (Lipinski definition) is 2. The fraction of sp³-hybridized carbons (Fsp3) is 0.278. The van der Waals surface area contributed by atoms with Crippen molar-refractivity contribution in [1.29, 1.82) is 0 Å². The van der Waals surface area contributed by atoms with E-state index in [9.17, 15) is 4.79 Å². The summed E-state index contributed by atoms with van der Waals surface area (Å²) in [5, 5.41) is 13.7. The lowest BCUT2D eigenvalue weighted by Crippen LogP contribution is -2.34. The van der Waals surface area contributed by atoms with Gasteiger partial charge in [-0.3, -0.25) is 4.79 Å². The van der Waals surface area contributed by atoms with E-state index in [4.69, 9.17) is 5.84 Å². The zero-order valence-electron chi connectivity index (χ0n) is 14.5. The maximum atomic E-state index is 12.2. The van der Waals surface area contributed by atoms with E-state index in [1.54, 1.807) is 11.3 Å². The van der Waals surface area contributed by atoms with E-state index in [2.05, 4.69) is 27.6 Å². The summed E-state index contributed by atoms with van der Waals surface area (Å²) in [6.45, 7) is 2.02. The van der Waals surface area contributed by atoms with Crippen LogP contribution in [0.4, 0.5) is 0 Å². The Hall–Kier alpha value is -2.32. The molecule has 0 aliphatic heterocycles. The highest BCUT2D eigenvalue weighted by Crippen LogP contribution is 2.24. The lowest BCUT2D eigenvalue weighted by molar-refractivity contribution is -0.119. The van der Waals surface area contributed by atoms with E-state index in [-0.39, 0.29) is 17.7 Å². The van der Waals surface area contributed by atoms with E-state index >= 15 is 0 Å². The number of aromatic nitrogens is 3. The minimum atomic E-state index is -0.0313. The summed E-state index contributed by atoms with van der Waals surface area (Å²) < 4.78 is 1.43. The Balaban J connectivity index is 1.45. The van der Waals surface area contributed by atoms with Gasteiger partial charge in [-0.2, -0.15) is 0 Å². The maximum absolute atomic E-state index is 12.2. The highest BCUT2D eigenvalue weighted by Gasteiger charge is 2.15. The topological polar surface area (TPSA) is 85.8 Å². The number of aryl methyl sites for hydroxylation is 1. The molecule has 0 radical (unpaired) electrons. The number of nitrogens with two attached hydrogens (primary N) is 1. The summed E-state index contributed by atoms with van der Waals surface area (Å²) in [6, 6.07) is 14.3. The first kappa shape index (κ1) is 18.5. The third-order valence-electron chi connectivity index (χ3n) is 3.85. The number of nitrogens with one attached hydrogen (secondary N) is 1.